The number of phenolic OH excluding ortho intramolecular Hbond substituents is 2. The van der Waals surface area contributed by atoms with Gasteiger partial charge in [-0.1, -0.05) is 74.5 Å². The molecule has 0 unspecified atom stereocenters. The molecule has 6 rings (SSSR count). The Kier molecular flexibility index (Phi) is 14.4. The van der Waals surface area contributed by atoms with E-state index in [0.717, 1.165) is 23.3 Å². The van der Waals surface area contributed by atoms with E-state index in [4.69, 9.17) is 0 Å². The third-order valence-electron chi connectivity index (χ3n) is 8.28. The molecule has 0 bridgehead atoms. The second-order valence-corrected chi connectivity index (χ2v) is 14.5. The van der Waals surface area contributed by atoms with Crippen LogP contribution in [-0.4, -0.2) is 105 Å². The minimum atomic E-state index is -4.96. The number of benzene rings is 6. The van der Waals surface area contributed by atoms with Gasteiger partial charge in [0.25, 0.3) is 9.85 Å². The number of nitrogens with zero attached hydrogens (tertiary/aromatic N) is 6. The first-order valence-corrected chi connectivity index (χ1v) is 19.1. The molecule has 0 aromatic heterocycles. The van der Waals surface area contributed by atoms with Crippen molar-refractivity contribution in [3.8, 4) is 11.5 Å². The molecule has 4 N–H and O–H groups in total. The van der Waals surface area contributed by atoms with Crippen LogP contribution in [0.1, 0.15) is 25.0 Å². The molecule has 0 aliphatic carbocycles. The van der Waals surface area contributed by atoms with E-state index in [1.807, 2.05) is 13.8 Å². The second-order valence-electron chi connectivity index (χ2n) is 11.8. The first-order chi connectivity index (χ1) is 26.4. The maximum absolute atomic E-state index is 11.5. The first-order valence-electron chi connectivity index (χ1n) is 16.3. The van der Waals surface area contributed by atoms with E-state index in [-0.39, 0.29) is 92.9 Å². The van der Waals surface area contributed by atoms with Gasteiger partial charge in [0, 0.05) is 22.9 Å². The Hall–Kier alpha value is -5.17. The van der Waals surface area contributed by atoms with Gasteiger partial charge in [0.2, 0.25) is 0 Å². The van der Waals surface area contributed by atoms with Crippen LogP contribution >= 0.6 is 0 Å². The van der Waals surface area contributed by atoms with Gasteiger partial charge in [0.05, 0.1) is 19.6 Å². The molecule has 0 amide bonds. The third kappa shape index (κ3) is 10.2. The largest absolute Gasteiger partial charge is 2.00 e. The molecular weight excluding hydrogens is 910 g/mol. The van der Waals surface area contributed by atoms with Gasteiger partial charge in [0.1, 0.15) is 31.6 Å². The molecule has 6 aromatic carbocycles. The minimum absolute atomic E-state index is 0. The standard InChI is InChI=1S/2C18H15N3O6S.Ba/c2*1-2-11-7-8-15(21(23)24)14(9-11)19-20-17-13-6-4-3-5-12(13)10-16(18(17)22)28(25,26)27;/h2*3-10H,2H2,1H3,(H2-,19,22,23,24,25,26,27);/q;;+2. The van der Waals surface area contributed by atoms with Crippen molar-refractivity contribution in [3.05, 3.63) is 118 Å². The van der Waals surface area contributed by atoms with Crippen LogP contribution in [0.15, 0.2) is 127 Å². The van der Waals surface area contributed by atoms with Crippen molar-refractivity contribution < 1.29 is 56.4 Å². The molecule has 0 saturated carbocycles. The molecule has 0 aliphatic heterocycles. The number of azo groups is 2. The van der Waals surface area contributed by atoms with Crippen molar-refractivity contribution in [1.29, 1.82) is 0 Å². The van der Waals surface area contributed by atoms with Crippen LogP contribution in [-0.2, 0) is 33.1 Å². The van der Waals surface area contributed by atoms with E-state index in [9.17, 15) is 56.4 Å². The quantitative estimate of drug-likeness (QED) is 0.0439. The Balaban J connectivity index is 0.000000248. The van der Waals surface area contributed by atoms with Crippen molar-refractivity contribution in [1.82, 2.24) is 0 Å². The van der Waals surface area contributed by atoms with Crippen molar-refractivity contribution >= 4 is 125 Å². The molecule has 0 radical (unpaired) electrons. The zero-order valence-corrected chi connectivity index (χ0v) is 36.0. The van der Waals surface area contributed by atoms with Crippen molar-refractivity contribution in [3.63, 3.8) is 0 Å². The van der Waals surface area contributed by atoms with Crippen LogP contribution in [0.4, 0.5) is 34.1 Å². The molecule has 18 nitrogen and oxygen atoms in total. The predicted octanol–water partition coefficient (Wildman–Crippen LogP) is 8.07. The van der Waals surface area contributed by atoms with E-state index in [1.165, 1.54) is 24.3 Å². The van der Waals surface area contributed by atoms with Crippen LogP contribution in [0.3, 0.4) is 0 Å². The summed E-state index contributed by atoms with van der Waals surface area (Å²) >= 11 is 0. The van der Waals surface area contributed by atoms with Gasteiger partial charge in [-0.05, 0) is 59.0 Å². The third-order valence-corrected chi connectivity index (χ3v) is 9.98. The molecule has 21 heteroatoms. The van der Waals surface area contributed by atoms with E-state index in [0.29, 0.717) is 34.4 Å². The number of hydrogen-bond acceptors (Lipinski definition) is 14. The summed E-state index contributed by atoms with van der Waals surface area (Å²) in [5, 5.41) is 56.2. The Morgan fingerprint density at radius 1 is 0.561 bits per heavy atom. The Labute approximate surface area is 364 Å². The normalized spacial score (nSPS) is 11.7. The average Bonchev–Trinajstić information content (AvgIpc) is 3.15. The van der Waals surface area contributed by atoms with Gasteiger partial charge >= 0.3 is 60.3 Å². The fraction of sp³-hybridized carbons (Fsp3) is 0.111. The molecule has 6 aromatic rings. The van der Waals surface area contributed by atoms with Crippen LogP contribution in [0, 0.1) is 9.81 Å². The molecule has 0 heterocycles. The van der Waals surface area contributed by atoms with Crippen molar-refractivity contribution in [2.45, 2.75) is 36.5 Å². The van der Waals surface area contributed by atoms with Gasteiger partial charge in [-0.15, -0.1) is 20.5 Å². The molecule has 288 valence electrons. The number of aromatic hydroxyl groups is 2. The molecule has 0 atom stereocenters. The van der Waals surface area contributed by atoms with Crippen molar-refractivity contribution in [2.75, 3.05) is 0 Å². The van der Waals surface area contributed by atoms with Crippen LogP contribution in [0.5, 0.6) is 11.5 Å². The maximum atomic E-state index is 11.5. The summed E-state index contributed by atoms with van der Waals surface area (Å²) in [6.45, 7) is 3.76. The number of rotatable bonds is 10. The smallest absolute Gasteiger partial charge is 0.744 e. The van der Waals surface area contributed by atoms with Gasteiger partial charge < -0.3 is 19.3 Å². The zero-order chi connectivity index (χ0) is 40.9. The summed E-state index contributed by atoms with van der Waals surface area (Å²) in [6, 6.07) is 23.9. The molecule has 57 heavy (non-hydrogen) atoms. The number of phenols is 2. The van der Waals surface area contributed by atoms with Crippen LogP contribution < -0.4 is 0 Å². The number of fused-ring (bicyclic) bond motifs is 2. The van der Waals surface area contributed by atoms with E-state index in [1.54, 1.807) is 60.7 Å². The number of hydrogen-bond donors (Lipinski definition) is 4. The van der Waals surface area contributed by atoms with Crippen LogP contribution in [0.25, 0.3) is 21.5 Å². The number of aryl methyl sites for hydroxylation is 2. The monoisotopic (exact) mass is 940 g/mol. The summed E-state index contributed by atoms with van der Waals surface area (Å²) in [5.74, 6) is -1.68. The fourth-order valence-electron chi connectivity index (χ4n) is 5.44. The minimum Gasteiger partial charge on any atom is -0.744 e. The first kappa shape index (κ1) is 44.5. The maximum Gasteiger partial charge on any atom is 2.00 e. The van der Waals surface area contributed by atoms with Gasteiger partial charge in [0.15, 0.2) is 22.9 Å². The summed E-state index contributed by atoms with van der Waals surface area (Å²) in [6.07, 6.45) is 1.26. The molecular formula is C36H30BaN6O12S2+2. The van der Waals surface area contributed by atoms with E-state index < -0.39 is 41.5 Å². The summed E-state index contributed by atoms with van der Waals surface area (Å²) < 4.78 is 68.9. The Bertz CT molecular complexity index is 2640. The SMILES string of the molecule is CCc1ccc([N+](=O)O)c(N=Nc2c(O)c(S(=O)(=O)[O-])cc3ccccc23)c1.CCc1ccc([N+](=O)O)c(N=Nc2c(O)c(S(=O)(=O)[O-])cc3ccccc23)c1.[Ba+2]. The van der Waals surface area contributed by atoms with E-state index in [2.05, 4.69) is 20.5 Å². The average molecular weight is 940 g/mol. The van der Waals surface area contributed by atoms with Crippen molar-refractivity contribution in [2.24, 2.45) is 20.5 Å². The predicted molar refractivity (Wildman–Crippen MR) is 203 cm³/mol. The fourth-order valence-corrected chi connectivity index (χ4v) is 6.65. The molecule has 0 fully saturated rings. The Morgan fingerprint density at radius 3 is 1.23 bits per heavy atom. The summed E-state index contributed by atoms with van der Waals surface area (Å²) in [4.78, 5) is 20.3. The van der Waals surface area contributed by atoms with Gasteiger partial charge in [-0.2, -0.15) is 0 Å². The van der Waals surface area contributed by atoms with Gasteiger partial charge in [-0.3, -0.25) is 0 Å². The van der Waals surface area contributed by atoms with E-state index >= 15 is 0 Å². The van der Waals surface area contributed by atoms with Gasteiger partial charge in [-0.25, -0.2) is 27.3 Å². The molecule has 0 spiro atoms. The summed E-state index contributed by atoms with van der Waals surface area (Å²) in [5.41, 5.74) is 0.793. The molecule has 0 aliphatic rings. The zero-order valence-electron chi connectivity index (χ0n) is 29.9. The molecule has 0 saturated heterocycles. The Morgan fingerprint density at radius 2 is 0.912 bits per heavy atom. The topological polar surface area (TPSA) is 285 Å². The second kappa shape index (κ2) is 18.4. The summed E-state index contributed by atoms with van der Waals surface area (Å²) in [7, 11) is -9.93. The van der Waals surface area contributed by atoms with Crippen LogP contribution in [0.2, 0.25) is 0 Å².